The van der Waals surface area contributed by atoms with Crippen molar-refractivity contribution in [2.75, 3.05) is 20.7 Å². The molecule has 7 atom stereocenters. The fraction of sp³-hybridized carbons (Fsp3) is 0.552. The second kappa shape index (κ2) is 11.4. The Bertz CT molecular complexity index is 1440. The molecular formula is C29H34N2O13. The van der Waals surface area contributed by atoms with Crippen LogP contribution in [0.1, 0.15) is 43.7 Å². The Morgan fingerprint density at radius 2 is 1.91 bits per heavy atom. The molecule has 2 aliphatic heterocycles. The fourth-order valence-corrected chi connectivity index (χ4v) is 6.97. The number of aliphatic hydroxyl groups excluding tert-OH is 1. The van der Waals surface area contributed by atoms with Crippen LogP contribution in [0.5, 0.6) is 11.5 Å². The number of piperidine rings is 1. The van der Waals surface area contributed by atoms with E-state index in [4.69, 9.17) is 29.2 Å². The molecule has 5 rings (SSSR count). The molecule has 0 saturated carbocycles. The van der Waals surface area contributed by atoms with Crippen LogP contribution < -0.4 is 14.8 Å². The third-order valence-corrected chi connectivity index (χ3v) is 9.08. The van der Waals surface area contributed by atoms with E-state index in [9.17, 15) is 34.2 Å². The van der Waals surface area contributed by atoms with Gasteiger partial charge in [-0.25, -0.2) is 9.59 Å². The van der Waals surface area contributed by atoms with E-state index >= 15 is 0 Å². The number of rotatable bonds is 11. The monoisotopic (exact) mass is 618 g/mol. The van der Waals surface area contributed by atoms with Crippen molar-refractivity contribution in [2.24, 2.45) is 0 Å². The molecule has 5 N–H and O–H groups in total. The van der Waals surface area contributed by atoms with E-state index < -0.39 is 78.0 Å². The quantitative estimate of drug-likeness (QED) is 0.193. The maximum atomic E-state index is 12.9. The molecule has 44 heavy (non-hydrogen) atoms. The zero-order chi connectivity index (χ0) is 32.1. The van der Waals surface area contributed by atoms with Gasteiger partial charge in [0.1, 0.15) is 11.8 Å². The Kier molecular flexibility index (Phi) is 8.07. The Balaban J connectivity index is 1.27. The summed E-state index contributed by atoms with van der Waals surface area (Å²) in [7, 11) is 3.47. The molecule has 1 aromatic rings. The smallest absolute Gasteiger partial charge is 0.336 e. The van der Waals surface area contributed by atoms with Crippen LogP contribution in [0.4, 0.5) is 0 Å². The van der Waals surface area contributed by atoms with Crippen LogP contribution >= 0.6 is 0 Å². The predicted molar refractivity (Wildman–Crippen MR) is 146 cm³/mol. The standard InChI is InChI=1S/C29H34N2O13/c1-13(25(36)30-15(26(37)38)11-20(33)34)42-27(39)16(32)12-21(35)43-18-6-7-29(40)19-10-14-4-5-17(41-3)23-22(14)28(29,24(18)44-23)8-9-31(19)2/h4-6,13,15-16,19,24,32,40H,7-12H2,1-3H3,(H,30,36)(H,33,34)(H,37,38)/t13-,15+,16-,19-,24+,28+,29-/m0/s1. The van der Waals surface area contributed by atoms with Gasteiger partial charge in [-0.05, 0) is 51.1 Å². The number of amides is 1. The number of carbonyl (C=O) groups is 5. The van der Waals surface area contributed by atoms with Crippen LogP contribution in [0.15, 0.2) is 24.0 Å². The van der Waals surface area contributed by atoms with Gasteiger partial charge in [0.15, 0.2) is 29.8 Å². The van der Waals surface area contributed by atoms with Gasteiger partial charge in [0.2, 0.25) is 0 Å². The summed E-state index contributed by atoms with van der Waals surface area (Å²) in [6.07, 6.45) is -3.44. The summed E-state index contributed by atoms with van der Waals surface area (Å²) in [6.45, 7) is 1.74. The molecule has 1 aromatic carbocycles. The SMILES string of the molecule is COc1ccc2c3c1O[C@@H]1C(OC(=O)C[C@H](O)C(=O)O[C@@H](C)C(=O)N[C@H](CC(=O)O)C(=O)O)=CC[C@]4(O)[C@H](C2)N(C)CC[C@@]314. The van der Waals surface area contributed by atoms with E-state index in [1.165, 1.54) is 7.11 Å². The first kappa shape index (κ1) is 31.2. The molecule has 0 aromatic heterocycles. The summed E-state index contributed by atoms with van der Waals surface area (Å²) in [5, 5.41) is 42.4. The second-order valence-electron chi connectivity index (χ2n) is 11.6. The molecule has 15 nitrogen and oxygen atoms in total. The zero-order valence-corrected chi connectivity index (χ0v) is 24.3. The average molecular weight is 619 g/mol. The minimum atomic E-state index is -2.04. The third-order valence-electron chi connectivity index (χ3n) is 9.08. The maximum Gasteiger partial charge on any atom is 0.336 e. The lowest BCUT2D eigenvalue weighted by Gasteiger charge is -2.61. The Hall–Kier alpha value is -4.21. The zero-order valence-electron chi connectivity index (χ0n) is 24.3. The minimum absolute atomic E-state index is 0.125. The number of nitrogens with zero attached hydrogens (tertiary/aromatic N) is 1. The molecule has 2 bridgehead atoms. The van der Waals surface area contributed by atoms with E-state index in [1.54, 1.807) is 12.1 Å². The highest BCUT2D eigenvalue weighted by Gasteiger charge is 2.72. The molecule has 2 aliphatic carbocycles. The lowest BCUT2D eigenvalue weighted by Crippen LogP contribution is -2.74. The number of hydrogen-bond acceptors (Lipinski definition) is 12. The molecule has 1 spiro atoms. The van der Waals surface area contributed by atoms with Crippen LogP contribution in [0.25, 0.3) is 0 Å². The number of methoxy groups -OCH3 is 1. The van der Waals surface area contributed by atoms with E-state index in [0.717, 1.165) is 18.1 Å². The molecule has 1 amide bonds. The normalized spacial score (nSPS) is 28.2. The van der Waals surface area contributed by atoms with Gasteiger partial charge in [-0.15, -0.1) is 0 Å². The van der Waals surface area contributed by atoms with Crippen molar-refractivity contribution >= 4 is 29.8 Å². The molecule has 2 heterocycles. The highest BCUT2D eigenvalue weighted by molar-refractivity contribution is 5.90. The average Bonchev–Trinajstić information content (AvgIpc) is 3.31. The lowest BCUT2D eigenvalue weighted by atomic mass is 9.50. The molecule has 238 valence electrons. The first-order valence-electron chi connectivity index (χ1n) is 14.1. The fourth-order valence-electron chi connectivity index (χ4n) is 6.97. The van der Waals surface area contributed by atoms with Gasteiger partial charge in [0, 0.05) is 18.0 Å². The molecule has 15 heteroatoms. The second-order valence-corrected chi connectivity index (χ2v) is 11.6. The largest absolute Gasteiger partial charge is 0.493 e. The highest BCUT2D eigenvalue weighted by Crippen LogP contribution is 2.65. The van der Waals surface area contributed by atoms with Crippen molar-refractivity contribution < 1.29 is 63.3 Å². The molecule has 4 aliphatic rings. The summed E-state index contributed by atoms with van der Waals surface area (Å²) in [6, 6.07) is 1.77. The summed E-state index contributed by atoms with van der Waals surface area (Å²) >= 11 is 0. The third kappa shape index (κ3) is 4.94. The number of ether oxygens (including phenoxy) is 4. The highest BCUT2D eigenvalue weighted by atomic mass is 16.6. The van der Waals surface area contributed by atoms with Crippen LogP contribution in [-0.2, 0) is 45.3 Å². The van der Waals surface area contributed by atoms with Crippen molar-refractivity contribution in [3.05, 3.63) is 35.1 Å². The number of likely N-dealkylation sites (tertiary alicyclic amines) is 1. The number of likely N-dealkylation sites (N-methyl/N-ethyl adjacent to an activating group) is 1. The van der Waals surface area contributed by atoms with Crippen molar-refractivity contribution in [3.63, 3.8) is 0 Å². The Labute approximate surface area is 251 Å². The number of benzene rings is 1. The summed E-state index contributed by atoms with van der Waals surface area (Å²) in [5.41, 5.74) is -0.318. The van der Waals surface area contributed by atoms with Crippen molar-refractivity contribution in [1.29, 1.82) is 0 Å². The van der Waals surface area contributed by atoms with Gasteiger partial charge in [-0.2, -0.15) is 0 Å². The van der Waals surface area contributed by atoms with Gasteiger partial charge in [0.05, 0.1) is 31.0 Å². The van der Waals surface area contributed by atoms with Gasteiger partial charge >= 0.3 is 23.9 Å². The van der Waals surface area contributed by atoms with E-state index in [2.05, 4.69) is 4.90 Å². The first-order chi connectivity index (χ1) is 20.7. The van der Waals surface area contributed by atoms with E-state index in [0.29, 0.717) is 30.9 Å². The van der Waals surface area contributed by atoms with Gasteiger partial charge in [-0.1, -0.05) is 6.07 Å². The van der Waals surface area contributed by atoms with Gasteiger partial charge in [0.25, 0.3) is 5.91 Å². The van der Waals surface area contributed by atoms with Crippen molar-refractivity contribution in [3.8, 4) is 11.5 Å². The number of aliphatic carboxylic acids is 2. The number of esters is 2. The first-order valence-corrected chi connectivity index (χ1v) is 14.1. The lowest BCUT2D eigenvalue weighted by molar-refractivity contribution is -0.172. The van der Waals surface area contributed by atoms with Crippen LogP contribution in [0.3, 0.4) is 0 Å². The minimum Gasteiger partial charge on any atom is -0.493 e. The van der Waals surface area contributed by atoms with Crippen LogP contribution in [0, 0.1) is 0 Å². The Morgan fingerprint density at radius 1 is 1.18 bits per heavy atom. The number of carboxylic acid groups (broad SMARTS) is 2. The molecule has 0 unspecified atom stereocenters. The van der Waals surface area contributed by atoms with E-state index in [1.807, 2.05) is 18.4 Å². The molecule has 1 saturated heterocycles. The number of hydrogen-bond donors (Lipinski definition) is 5. The molecule has 1 fully saturated rings. The summed E-state index contributed by atoms with van der Waals surface area (Å²) in [5.74, 6) is -5.47. The van der Waals surface area contributed by atoms with Crippen LogP contribution in [-0.4, -0.2) is 112 Å². The van der Waals surface area contributed by atoms with Crippen molar-refractivity contribution in [1.82, 2.24) is 10.2 Å². The van der Waals surface area contributed by atoms with Gasteiger partial charge in [-0.3, -0.25) is 14.4 Å². The molecular weight excluding hydrogens is 584 g/mol. The summed E-state index contributed by atoms with van der Waals surface area (Å²) in [4.78, 5) is 61.7. The summed E-state index contributed by atoms with van der Waals surface area (Å²) < 4.78 is 22.4. The van der Waals surface area contributed by atoms with E-state index in [-0.39, 0.29) is 18.2 Å². The topological polar surface area (TPSA) is 218 Å². The van der Waals surface area contributed by atoms with Gasteiger partial charge < -0.3 is 49.6 Å². The number of carboxylic acids is 2. The predicted octanol–water partition coefficient (Wildman–Crippen LogP) is -0.757. The van der Waals surface area contributed by atoms with Crippen molar-refractivity contribution in [2.45, 2.75) is 80.4 Å². The maximum absolute atomic E-state index is 12.9. The van der Waals surface area contributed by atoms with Crippen LogP contribution in [0.2, 0.25) is 0 Å². The number of nitrogens with one attached hydrogen (secondary N) is 1. The Morgan fingerprint density at radius 3 is 2.57 bits per heavy atom. The molecule has 0 radical (unpaired) electrons. The number of aliphatic hydroxyl groups is 2. The number of carbonyl (C=O) groups excluding carboxylic acids is 3.